The highest BCUT2D eigenvalue weighted by Gasteiger charge is 2.10. The van der Waals surface area contributed by atoms with Gasteiger partial charge in [-0.1, -0.05) is 27.7 Å². The average molecular weight is 327 g/mol. The Morgan fingerprint density at radius 2 is 1.83 bits per heavy atom. The first-order valence-corrected chi connectivity index (χ1v) is 7.08. The van der Waals surface area contributed by atoms with Gasteiger partial charge < -0.3 is 5.11 Å². The van der Waals surface area contributed by atoms with Gasteiger partial charge in [0.2, 0.25) is 0 Å². The lowest BCUT2D eigenvalue weighted by Crippen LogP contribution is -1.94. The van der Waals surface area contributed by atoms with E-state index in [1.54, 1.807) is 19.1 Å². The molecule has 0 saturated carbocycles. The van der Waals surface area contributed by atoms with Gasteiger partial charge in [-0.2, -0.15) is 0 Å². The Balaban J connectivity index is 2.31. The Bertz CT molecular complexity index is 540. The van der Waals surface area contributed by atoms with E-state index in [1.165, 1.54) is 23.9 Å². The summed E-state index contributed by atoms with van der Waals surface area (Å²) in [4.78, 5) is 1.92. The molecule has 0 radical (unpaired) electrons. The molecule has 1 unspecified atom stereocenters. The molecule has 2 rings (SSSR count). The van der Waals surface area contributed by atoms with E-state index in [9.17, 15) is 9.50 Å². The van der Waals surface area contributed by atoms with Gasteiger partial charge in [-0.25, -0.2) is 4.39 Å². The summed E-state index contributed by atoms with van der Waals surface area (Å²) in [6.45, 7) is 1.73. The van der Waals surface area contributed by atoms with Crippen molar-refractivity contribution in [2.75, 3.05) is 0 Å². The fraction of sp³-hybridized carbons (Fsp3) is 0.143. The summed E-state index contributed by atoms with van der Waals surface area (Å²) >= 11 is 4.90. The fourth-order valence-corrected chi connectivity index (χ4v) is 2.96. The lowest BCUT2D eigenvalue weighted by Gasteiger charge is -2.12. The van der Waals surface area contributed by atoms with Crippen molar-refractivity contribution >= 4 is 27.7 Å². The van der Waals surface area contributed by atoms with Crippen LogP contribution >= 0.6 is 27.7 Å². The number of halogens is 2. The molecule has 0 aromatic heterocycles. The van der Waals surface area contributed by atoms with E-state index in [0.717, 1.165) is 19.8 Å². The summed E-state index contributed by atoms with van der Waals surface area (Å²) in [5.74, 6) is -0.245. The van der Waals surface area contributed by atoms with E-state index in [2.05, 4.69) is 15.9 Å². The molecule has 0 spiro atoms. The third-order valence-electron chi connectivity index (χ3n) is 2.46. The third-order valence-corrected chi connectivity index (χ3v) is 4.06. The van der Waals surface area contributed by atoms with E-state index in [1.807, 2.05) is 18.2 Å². The van der Waals surface area contributed by atoms with Crippen molar-refractivity contribution in [3.05, 3.63) is 58.3 Å². The maximum absolute atomic E-state index is 12.8. The summed E-state index contributed by atoms with van der Waals surface area (Å²) < 4.78 is 13.8. The maximum atomic E-state index is 12.8. The van der Waals surface area contributed by atoms with E-state index < -0.39 is 6.10 Å². The van der Waals surface area contributed by atoms with E-state index in [-0.39, 0.29) is 5.82 Å². The molecule has 2 aromatic carbocycles. The predicted molar refractivity (Wildman–Crippen MR) is 75.3 cm³/mol. The number of aliphatic hydroxyl groups excluding tert-OH is 1. The lowest BCUT2D eigenvalue weighted by atomic mass is 10.1. The van der Waals surface area contributed by atoms with Crippen LogP contribution in [0, 0.1) is 5.82 Å². The Labute approximate surface area is 118 Å². The van der Waals surface area contributed by atoms with Gasteiger partial charge in [-0.3, -0.25) is 0 Å². The van der Waals surface area contributed by atoms with Crippen LogP contribution in [0.15, 0.2) is 56.7 Å². The molecule has 94 valence electrons. The minimum atomic E-state index is -0.537. The Hall–Kier alpha value is -0.840. The molecule has 0 aliphatic rings. The molecule has 0 bridgehead atoms. The van der Waals surface area contributed by atoms with Crippen molar-refractivity contribution in [1.29, 1.82) is 0 Å². The first-order chi connectivity index (χ1) is 8.56. The van der Waals surface area contributed by atoms with Crippen molar-refractivity contribution in [3.63, 3.8) is 0 Å². The van der Waals surface area contributed by atoms with Gasteiger partial charge in [0.05, 0.1) is 6.10 Å². The molecule has 0 fully saturated rings. The second kappa shape index (κ2) is 5.87. The highest BCUT2D eigenvalue weighted by Crippen LogP contribution is 2.34. The number of hydrogen-bond acceptors (Lipinski definition) is 2. The highest BCUT2D eigenvalue weighted by atomic mass is 79.9. The zero-order chi connectivity index (χ0) is 13.1. The highest BCUT2D eigenvalue weighted by molar-refractivity contribution is 9.10. The van der Waals surface area contributed by atoms with Crippen LogP contribution in [-0.4, -0.2) is 5.11 Å². The Morgan fingerprint density at radius 3 is 2.44 bits per heavy atom. The summed E-state index contributed by atoms with van der Waals surface area (Å²) in [6.07, 6.45) is -0.537. The van der Waals surface area contributed by atoms with Crippen molar-refractivity contribution in [2.45, 2.75) is 22.8 Å². The molecular formula is C14H12BrFOS. The number of benzene rings is 2. The van der Waals surface area contributed by atoms with Crippen LogP contribution in [0.1, 0.15) is 18.6 Å². The molecule has 1 atom stereocenters. The summed E-state index contributed by atoms with van der Waals surface area (Å²) in [5.41, 5.74) is 0.860. The monoisotopic (exact) mass is 326 g/mol. The van der Waals surface area contributed by atoms with Gasteiger partial charge in [0.1, 0.15) is 5.82 Å². The minimum Gasteiger partial charge on any atom is -0.389 e. The second-order valence-electron chi connectivity index (χ2n) is 3.91. The second-order valence-corrected chi connectivity index (χ2v) is 5.95. The number of hydrogen-bond donors (Lipinski definition) is 1. The Morgan fingerprint density at radius 1 is 1.17 bits per heavy atom. The molecular weight excluding hydrogens is 315 g/mol. The third kappa shape index (κ3) is 3.34. The topological polar surface area (TPSA) is 20.2 Å². The standard InChI is InChI=1S/C14H12BrFOS/c1-9(17)13-8-10(15)2-7-14(13)18-12-5-3-11(16)4-6-12/h2-9,17H,1H3. The Kier molecular flexibility index (Phi) is 4.43. The van der Waals surface area contributed by atoms with Crippen molar-refractivity contribution < 1.29 is 9.50 Å². The van der Waals surface area contributed by atoms with E-state index in [4.69, 9.17) is 0 Å². The average Bonchev–Trinajstić information content (AvgIpc) is 2.34. The lowest BCUT2D eigenvalue weighted by molar-refractivity contribution is 0.196. The van der Waals surface area contributed by atoms with Crippen molar-refractivity contribution in [2.24, 2.45) is 0 Å². The molecule has 1 nitrogen and oxygen atoms in total. The number of rotatable bonds is 3. The molecule has 0 aliphatic carbocycles. The van der Waals surface area contributed by atoms with Crippen LogP contribution in [0.3, 0.4) is 0 Å². The van der Waals surface area contributed by atoms with Gasteiger partial charge in [-0.15, -0.1) is 0 Å². The smallest absolute Gasteiger partial charge is 0.123 e. The van der Waals surface area contributed by atoms with Crippen molar-refractivity contribution in [3.8, 4) is 0 Å². The molecule has 0 aliphatic heterocycles. The fourth-order valence-electron chi connectivity index (χ4n) is 1.57. The zero-order valence-electron chi connectivity index (χ0n) is 9.73. The first kappa shape index (κ1) is 13.6. The quantitative estimate of drug-likeness (QED) is 0.874. The van der Waals surface area contributed by atoms with Gasteiger partial charge in [0.15, 0.2) is 0 Å². The molecule has 0 saturated heterocycles. The van der Waals surface area contributed by atoms with Gasteiger partial charge in [0.25, 0.3) is 0 Å². The summed E-state index contributed by atoms with van der Waals surface area (Å²) in [7, 11) is 0. The van der Waals surface area contributed by atoms with Crippen LogP contribution < -0.4 is 0 Å². The first-order valence-electron chi connectivity index (χ1n) is 5.47. The molecule has 2 aromatic rings. The van der Waals surface area contributed by atoms with Crippen LogP contribution in [0.2, 0.25) is 0 Å². The largest absolute Gasteiger partial charge is 0.389 e. The molecule has 18 heavy (non-hydrogen) atoms. The molecule has 4 heteroatoms. The summed E-state index contributed by atoms with van der Waals surface area (Å²) in [5, 5.41) is 9.76. The van der Waals surface area contributed by atoms with Gasteiger partial charge in [-0.05, 0) is 55.0 Å². The van der Waals surface area contributed by atoms with Crippen LogP contribution in [0.5, 0.6) is 0 Å². The molecule has 0 heterocycles. The SMILES string of the molecule is CC(O)c1cc(Br)ccc1Sc1ccc(F)cc1. The number of aliphatic hydroxyl groups is 1. The molecule has 0 amide bonds. The van der Waals surface area contributed by atoms with E-state index in [0.29, 0.717) is 0 Å². The van der Waals surface area contributed by atoms with E-state index >= 15 is 0 Å². The normalized spacial score (nSPS) is 12.4. The predicted octanol–water partition coefficient (Wildman–Crippen LogP) is 4.79. The van der Waals surface area contributed by atoms with Crippen LogP contribution in [-0.2, 0) is 0 Å². The van der Waals surface area contributed by atoms with Crippen LogP contribution in [0.4, 0.5) is 4.39 Å². The van der Waals surface area contributed by atoms with Gasteiger partial charge in [0, 0.05) is 14.3 Å². The summed E-state index contributed by atoms with van der Waals surface area (Å²) in [6, 6.07) is 12.1. The van der Waals surface area contributed by atoms with Gasteiger partial charge >= 0.3 is 0 Å². The van der Waals surface area contributed by atoms with Crippen molar-refractivity contribution in [1.82, 2.24) is 0 Å². The molecule has 1 N–H and O–H groups in total. The maximum Gasteiger partial charge on any atom is 0.123 e. The zero-order valence-corrected chi connectivity index (χ0v) is 12.1. The van der Waals surface area contributed by atoms with Crippen LogP contribution in [0.25, 0.3) is 0 Å². The minimum absolute atomic E-state index is 0.245.